The van der Waals surface area contributed by atoms with Crippen molar-refractivity contribution in [3.05, 3.63) is 27.3 Å². The molecule has 88 valence electrons. The molecule has 0 spiro atoms. The molecule has 1 rings (SSSR count). The van der Waals surface area contributed by atoms with E-state index in [1.165, 1.54) is 7.11 Å². The maximum absolute atomic E-state index is 11.3. The third kappa shape index (κ3) is 3.66. The van der Waals surface area contributed by atoms with Crippen LogP contribution in [0.2, 0.25) is 0 Å². The van der Waals surface area contributed by atoms with E-state index in [9.17, 15) is 4.79 Å². The molecule has 0 saturated heterocycles. The zero-order valence-corrected chi connectivity index (χ0v) is 11.6. The molecule has 0 aliphatic heterocycles. The molecule has 0 saturated carbocycles. The average Bonchev–Trinajstić information content (AvgIpc) is 2.30. The van der Waals surface area contributed by atoms with Crippen LogP contribution in [0.1, 0.15) is 30.1 Å². The van der Waals surface area contributed by atoms with E-state index in [0.29, 0.717) is 12.2 Å². The lowest BCUT2D eigenvalue weighted by Crippen LogP contribution is -2.03. The molecule has 3 nitrogen and oxygen atoms in total. The fourth-order valence-electron chi connectivity index (χ4n) is 1.19. The van der Waals surface area contributed by atoms with Gasteiger partial charge in [0, 0.05) is 0 Å². The van der Waals surface area contributed by atoms with Crippen molar-refractivity contribution in [2.45, 2.75) is 19.8 Å². The second kappa shape index (κ2) is 6.73. The van der Waals surface area contributed by atoms with Crippen LogP contribution in [0, 0.1) is 3.57 Å². The number of esters is 1. The van der Waals surface area contributed by atoms with Crippen LogP contribution in [0.15, 0.2) is 18.2 Å². The standard InChI is InChI=1S/C12H15IO3/c1-3-4-7-16-11-6-5-9(8-10(11)13)12(14)15-2/h5-6,8H,3-4,7H2,1-2H3. The van der Waals surface area contributed by atoms with E-state index in [0.717, 1.165) is 22.2 Å². The predicted molar refractivity (Wildman–Crippen MR) is 70.9 cm³/mol. The molecule has 1 aromatic rings. The second-order valence-electron chi connectivity index (χ2n) is 3.34. The number of hydrogen-bond donors (Lipinski definition) is 0. The highest BCUT2D eigenvalue weighted by atomic mass is 127. The first-order valence-corrected chi connectivity index (χ1v) is 6.27. The van der Waals surface area contributed by atoms with Gasteiger partial charge in [-0.05, 0) is 47.2 Å². The van der Waals surface area contributed by atoms with Gasteiger partial charge in [0.1, 0.15) is 5.75 Å². The van der Waals surface area contributed by atoms with Crippen molar-refractivity contribution in [1.29, 1.82) is 0 Å². The van der Waals surface area contributed by atoms with Gasteiger partial charge in [0.2, 0.25) is 0 Å². The second-order valence-corrected chi connectivity index (χ2v) is 4.50. The smallest absolute Gasteiger partial charge is 0.337 e. The highest BCUT2D eigenvalue weighted by Gasteiger charge is 2.08. The van der Waals surface area contributed by atoms with Crippen molar-refractivity contribution in [2.24, 2.45) is 0 Å². The van der Waals surface area contributed by atoms with Gasteiger partial charge in [0.15, 0.2) is 0 Å². The van der Waals surface area contributed by atoms with Gasteiger partial charge in [-0.25, -0.2) is 4.79 Å². The molecule has 0 bridgehead atoms. The lowest BCUT2D eigenvalue weighted by atomic mass is 10.2. The Morgan fingerprint density at radius 3 is 2.75 bits per heavy atom. The van der Waals surface area contributed by atoms with Crippen LogP contribution in [0.3, 0.4) is 0 Å². The molecule has 1 aromatic carbocycles. The molecule has 0 heterocycles. The largest absolute Gasteiger partial charge is 0.492 e. The average molecular weight is 334 g/mol. The molecular weight excluding hydrogens is 319 g/mol. The summed E-state index contributed by atoms with van der Waals surface area (Å²) in [6.07, 6.45) is 2.14. The van der Waals surface area contributed by atoms with Crippen molar-refractivity contribution < 1.29 is 14.3 Å². The molecule has 0 unspecified atom stereocenters. The van der Waals surface area contributed by atoms with Gasteiger partial charge in [0.05, 0.1) is 22.9 Å². The summed E-state index contributed by atoms with van der Waals surface area (Å²) in [7, 11) is 1.38. The number of benzene rings is 1. The monoisotopic (exact) mass is 334 g/mol. The molecule has 0 atom stereocenters. The van der Waals surface area contributed by atoms with Crippen LogP contribution in [-0.2, 0) is 4.74 Å². The van der Waals surface area contributed by atoms with Gasteiger partial charge in [-0.1, -0.05) is 13.3 Å². The molecule has 0 radical (unpaired) electrons. The van der Waals surface area contributed by atoms with Crippen LogP contribution in [0.25, 0.3) is 0 Å². The minimum atomic E-state index is -0.321. The Morgan fingerprint density at radius 1 is 1.44 bits per heavy atom. The number of carbonyl (C=O) groups is 1. The first-order valence-electron chi connectivity index (χ1n) is 5.19. The molecule has 0 fully saturated rings. The van der Waals surface area contributed by atoms with Crippen molar-refractivity contribution in [3.63, 3.8) is 0 Å². The fraction of sp³-hybridized carbons (Fsp3) is 0.417. The molecule has 0 aliphatic rings. The van der Waals surface area contributed by atoms with Crippen LogP contribution < -0.4 is 4.74 Å². The van der Waals surface area contributed by atoms with Gasteiger partial charge in [-0.15, -0.1) is 0 Å². The Kier molecular flexibility index (Phi) is 5.59. The van der Waals surface area contributed by atoms with Crippen molar-refractivity contribution in [2.75, 3.05) is 13.7 Å². The van der Waals surface area contributed by atoms with Gasteiger partial charge in [0.25, 0.3) is 0 Å². The third-order valence-corrected chi connectivity index (χ3v) is 2.95. The maximum Gasteiger partial charge on any atom is 0.337 e. The first-order chi connectivity index (χ1) is 7.69. The molecule has 0 amide bonds. The predicted octanol–water partition coefficient (Wildman–Crippen LogP) is 3.26. The molecule has 0 aliphatic carbocycles. The van der Waals surface area contributed by atoms with E-state index in [1.807, 2.05) is 6.07 Å². The van der Waals surface area contributed by atoms with E-state index in [1.54, 1.807) is 12.1 Å². The number of unbranched alkanes of at least 4 members (excludes halogenated alkanes) is 1. The van der Waals surface area contributed by atoms with Gasteiger partial charge >= 0.3 is 5.97 Å². The first kappa shape index (κ1) is 13.3. The lowest BCUT2D eigenvalue weighted by Gasteiger charge is -2.08. The summed E-state index contributed by atoms with van der Waals surface area (Å²) in [6.45, 7) is 2.83. The number of carbonyl (C=O) groups excluding carboxylic acids is 1. The quantitative estimate of drug-likeness (QED) is 0.471. The van der Waals surface area contributed by atoms with Crippen molar-refractivity contribution in [3.8, 4) is 5.75 Å². The van der Waals surface area contributed by atoms with E-state index >= 15 is 0 Å². The van der Waals surface area contributed by atoms with Crippen LogP contribution >= 0.6 is 22.6 Å². The number of halogens is 1. The molecular formula is C12H15IO3. The van der Waals surface area contributed by atoms with Crippen LogP contribution in [0.5, 0.6) is 5.75 Å². The molecule has 4 heteroatoms. The summed E-state index contributed by atoms with van der Waals surface area (Å²) in [6, 6.07) is 5.30. The summed E-state index contributed by atoms with van der Waals surface area (Å²) >= 11 is 2.15. The minimum Gasteiger partial charge on any atom is -0.492 e. The van der Waals surface area contributed by atoms with Crippen molar-refractivity contribution >= 4 is 28.6 Å². The number of rotatable bonds is 5. The zero-order valence-electron chi connectivity index (χ0n) is 9.46. The topological polar surface area (TPSA) is 35.5 Å². The molecule has 16 heavy (non-hydrogen) atoms. The number of methoxy groups -OCH3 is 1. The van der Waals surface area contributed by atoms with E-state index < -0.39 is 0 Å². The summed E-state index contributed by atoms with van der Waals surface area (Å²) in [4.78, 5) is 11.3. The Morgan fingerprint density at radius 2 is 2.19 bits per heavy atom. The van der Waals surface area contributed by atoms with Crippen LogP contribution in [0.4, 0.5) is 0 Å². The van der Waals surface area contributed by atoms with E-state index in [4.69, 9.17) is 4.74 Å². The summed E-state index contributed by atoms with van der Waals surface area (Å²) in [5.74, 6) is 0.500. The van der Waals surface area contributed by atoms with Crippen molar-refractivity contribution in [1.82, 2.24) is 0 Å². The summed E-state index contributed by atoms with van der Waals surface area (Å²) < 4.78 is 11.2. The number of ether oxygens (including phenoxy) is 2. The number of hydrogen-bond acceptors (Lipinski definition) is 3. The Balaban J connectivity index is 2.71. The van der Waals surface area contributed by atoms with E-state index in [2.05, 4.69) is 34.3 Å². The Hall–Kier alpha value is -0.780. The Labute approximate surface area is 109 Å². The van der Waals surface area contributed by atoms with Gasteiger partial charge in [-0.2, -0.15) is 0 Å². The SMILES string of the molecule is CCCCOc1ccc(C(=O)OC)cc1I. The normalized spacial score (nSPS) is 9.94. The zero-order chi connectivity index (χ0) is 12.0. The molecule has 0 N–H and O–H groups in total. The summed E-state index contributed by atoms with van der Waals surface area (Å²) in [5.41, 5.74) is 0.551. The van der Waals surface area contributed by atoms with Gasteiger partial charge < -0.3 is 9.47 Å². The Bertz CT molecular complexity index is 363. The fourth-order valence-corrected chi connectivity index (χ4v) is 1.86. The van der Waals surface area contributed by atoms with E-state index in [-0.39, 0.29) is 5.97 Å². The lowest BCUT2D eigenvalue weighted by molar-refractivity contribution is 0.0600. The molecule has 0 aromatic heterocycles. The highest BCUT2D eigenvalue weighted by molar-refractivity contribution is 14.1. The summed E-state index contributed by atoms with van der Waals surface area (Å²) in [5, 5.41) is 0. The minimum absolute atomic E-state index is 0.321. The van der Waals surface area contributed by atoms with Crippen LogP contribution in [-0.4, -0.2) is 19.7 Å². The maximum atomic E-state index is 11.3. The van der Waals surface area contributed by atoms with Gasteiger partial charge in [-0.3, -0.25) is 0 Å². The third-order valence-electron chi connectivity index (χ3n) is 2.11. The highest BCUT2D eigenvalue weighted by Crippen LogP contribution is 2.22.